The zero-order valence-corrected chi connectivity index (χ0v) is 15.2. The maximum absolute atomic E-state index is 12.3. The average molecular weight is 345 g/mol. The molecule has 2 rings (SSSR count). The fraction of sp³-hybridized carbons (Fsp3) is 0.526. The molecule has 0 radical (unpaired) electrons. The van der Waals surface area contributed by atoms with Crippen molar-refractivity contribution in [2.24, 2.45) is 0 Å². The van der Waals surface area contributed by atoms with Crippen molar-refractivity contribution < 1.29 is 14.3 Å². The molecule has 1 heterocycles. The van der Waals surface area contributed by atoms with Crippen molar-refractivity contribution in [1.82, 2.24) is 10.2 Å². The number of hydrogen-bond donors (Lipinski definition) is 2. The molecule has 0 aliphatic heterocycles. The van der Waals surface area contributed by atoms with E-state index in [2.05, 4.69) is 15.5 Å². The molecule has 2 aromatic rings. The SMILES string of the molecule is CCCC(O)(CCC)CC(=O)Nc1ccc(-c2nnc(CC)o2)cc1. The molecule has 0 atom stereocenters. The number of hydrogen-bond acceptors (Lipinski definition) is 5. The van der Waals surface area contributed by atoms with E-state index in [9.17, 15) is 9.90 Å². The minimum absolute atomic E-state index is 0.111. The number of amides is 1. The number of carbonyl (C=O) groups excluding carboxylic acids is 1. The predicted octanol–water partition coefficient (Wildman–Crippen LogP) is 3.96. The van der Waals surface area contributed by atoms with Crippen molar-refractivity contribution in [1.29, 1.82) is 0 Å². The van der Waals surface area contributed by atoms with Gasteiger partial charge in [-0.1, -0.05) is 33.6 Å². The summed E-state index contributed by atoms with van der Waals surface area (Å²) in [5.41, 5.74) is 0.561. The number of nitrogens with one attached hydrogen (secondary N) is 1. The molecule has 6 nitrogen and oxygen atoms in total. The van der Waals surface area contributed by atoms with Crippen LogP contribution in [0.2, 0.25) is 0 Å². The van der Waals surface area contributed by atoms with Crippen molar-refractivity contribution >= 4 is 11.6 Å². The van der Waals surface area contributed by atoms with Gasteiger partial charge in [-0.2, -0.15) is 0 Å². The average Bonchev–Trinajstić information content (AvgIpc) is 3.04. The molecular weight excluding hydrogens is 318 g/mol. The Bertz CT molecular complexity index is 673. The van der Waals surface area contributed by atoms with Gasteiger partial charge in [-0.05, 0) is 37.1 Å². The predicted molar refractivity (Wildman–Crippen MR) is 97.1 cm³/mol. The summed E-state index contributed by atoms with van der Waals surface area (Å²) in [5, 5.41) is 21.4. The van der Waals surface area contributed by atoms with Crippen molar-refractivity contribution in [2.45, 2.75) is 64.9 Å². The van der Waals surface area contributed by atoms with Gasteiger partial charge in [0.2, 0.25) is 17.7 Å². The van der Waals surface area contributed by atoms with Gasteiger partial charge in [-0.15, -0.1) is 10.2 Å². The van der Waals surface area contributed by atoms with Gasteiger partial charge in [-0.3, -0.25) is 4.79 Å². The molecule has 1 aromatic carbocycles. The maximum Gasteiger partial charge on any atom is 0.247 e. The third kappa shape index (κ3) is 5.39. The first-order valence-corrected chi connectivity index (χ1v) is 8.94. The van der Waals surface area contributed by atoms with Crippen molar-refractivity contribution in [3.8, 4) is 11.5 Å². The summed E-state index contributed by atoms with van der Waals surface area (Å²) >= 11 is 0. The van der Waals surface area contributed by atoms with E-state index in [0.717, 1.165) is 18.4 Å². The molecule has 2 N–H and O–H groups in total. The second-order valence-electron chi connectivity index (χ2n) is 6.38. The Morgan fingerprint density at radius 1 is 1.12 bits per heavy atom. The number of aromatic nitrogens is 2. The molecule has 0 unspecified atom stereocenters. The summed E-state index contributed by atoms with van der Waals surface area (Å²) in [6.07, 6.45) is 3.76. The van der Waals surface area contributed by atoms with Crippen molar-refractivity contribution in [3.63, 3.8) is 0 Å². The molecule has 0 bridgehead atoms. The van der Waals surface area contributed by atoms with Crippen LogP contribution in [0.1, 0.15) is 58.8 Å². The van der Waals surface area contributed by atoms with Crippen LogP contribution in [-0.4, -0.2) is 26.8 Å². The largest absolute Gasteiger partial charge is 0.421 e. The monoisotopic (exact) mass is 345 g/mol. The minimum Gasteiger partial charge on any atom is -0.421 e. The van der Waals surface area contributed by atoms with Crippen molar-refractivity contribution in [2.75, 3.05) is 5.32 Å². The first-order chi connectivity index (χ1) is 12.0. The number of rotatable bonds is 9. The Hall–Kier alpha value is -2.21. The van der Waals surface area contributed by atoms with Gasteiger partial charge < -0.3 is 14.8 Å². The zero-order chi connectivity index (χ0) is 18.3. The van der Waals surface area contributed by atoms with Gasteiger partial charge in [0.15, 0.2) is 0 Å². The van der Waals surface area contributed by atoms with E-state index in [0.29, 0.717) is 36.7 Å². The van der Waals surface area contributed by atoms with E-state index in [1.165, 1.54) is 0 Å². The van der Waals surface area contributed by atoms with Gasteiger partial charge in [-0.25, -0.2) is 0 Å². The number of benzene rings is 1. The van der Waals surface area contributed by atoms with Gasteiger partial charge in [0.05, 0.1) is 12.0 Å². The molecule has 0 fully saturated rings. The number of aliphatic hydroxyl groups is 1. The molecule has 0 aliphatic rings. The fourth-order valence-corrected chi connectivity index (χ4v) is 2.95. The molecule has 0 aliphatic carbocycles. The number of nitrogens with zero attached hydrogens (tertiary/aromatic N) is 2. The first kappa shape index (κ1) is 19.1. The van der Waals surface area contributed by atoms with E-state index in [1.54, 1.807) is 12.1 Å². The van der Waals surface area contributed by atoms with E-state index in [-0.39, 0.29) is 12.3 Å². The third-order valence-electron chi connectivity index (χ3n) is 4.11. The van der Waals surface area contributed by atoms with Crippen molar-refractivity contribution in [3.05, 3.63) is 30.2 Å². The Labute approximate surface area is 148 Å². The molecule has 25 heavy (non-hydrogen) atoms. The molecule has 0 saturated heterocycles. The smallest absolute Gasteiger partial charge is 0.247 e. The van der Waals surface area contributed by atoms with Gasteiger partial charge in [0, 0.05) is 17.7 Å². The summed E-state index contributed by atoms with van der Waals surface area (Å²) in [5.74, 6) is 0.886. The van der Waals surface area contributed by atoms with Gasteiger partial charge >= 0.3 is 0 Å². The molecule has 136 valence electrons. The minimum atomic E-state index is -0.923. The first-order valence-electron chi connectivity index (χ1n) is 8.94. The van der Waals surface area contributed by atoms with E-state index in [1.807, 2.05) is 32.9 Å². The lowest BCUT2D eigenvalue weighted by molar-refractivity contribution is -0.121. The molecule has 6 heteroatoms. The topological polar surface area (TPSA) is 88.2 Å². The van der Waals surface area contributed by atoms with Crippen LogP contribution in [-0.2, 0) is 11.2 Å². The number of aryl methyl sites for hydroxylation is 1. The molecule has 0 spiro atoms. The molecule has 1 aromatic heterocycles. The zero-order valence-electron chi connectivity index (χ0n) is 15.2. The lowest BCUT2D eigenvalue weighted by Gasteiger charge is -2.26. The number of carbonyl (C=O) groups is 1. The normalized spacial score (nSPS) is 11.5. The second-order valence-corrected chi connectivity index (χ2v) is 6.38. The van der Waals surface area contributed by atoms with Crippen LogP contribution in [0.5, 0.6) is 0 Å². The van der Waals surface area contributed by atoms with Crippen LogP contribution < -0.4 is 5.32 Å². The van der Waals surface area contributed by atoms with Crippen LogP contribution in [0.15, 0.2) is 28.7 Å². The number of anilines is 1. The summed E-state index contributed by atoms with van der Waals surface area (Å²) in [7, 11) is 0. The highest BCUT2D eigenvalue weighted by Gasteiger charge is 2.28. The van der Waals surface area contributed by atoms with Crippen LogP contribution in [0, 0.1) is 0 Å². The fourth-order valence-electron chi connectivity index (χ4n) is 2.95. The van der Waals surface area contributed by atoms with Crippen LogP contribution in [0.25, 0.3) is 11.5 Å². The van der Waals surface area contributed by atoms with Gasteiger partial charge in [0.25, 0.3) is 0 Å². The maximum atomic E-state index is 12.3. The summed E-state index contributed by atoms with van der Waals surface area (Å²) in [4.78, 5) is 12.3. The van der Waals surface area contributed by atoms with E-state index < -0.39 is 5.60 Å². The van der Waals surface area contributed by atoms with Crippen LogP contribution in [0.4, 0.5) is 5.69 Å². The third-order valence-corrected chi connectivity index (χ3v) is 4.11. The lowest BCUT2D eigenvalue weighted by Crippen LogP contribution is -2.33. The van der Waals surface area contributed by atoms with Crippen LogP contribution in [0.3, 0.4) is 0 Å². The Kier molecular flexibility index (Phi) is 6.70. The Morgan fingerprint density at radius 3 is 2.28 bits per heavy atom. The molecule has 0 saturated carbocycles. The highest BCUT2D eigenvalue weighted by atomic mass is 16.4. The van der Waals surface area contributed by atoms with Gasteiger partial charge in [0.1, 0.15) is 0 Å². The Balaban J connectivity index is 1.99. The quantitative estimate of drug-likeness (QED) is 0.718. The molecular formula is C19H27N3O3. The Morgan fingerprint density at radius 2 is 1.76 bits per heavy atom. The lowest BCUT2D eigenvalue weighted by atomic mass is 9.89. The summed E-state index contributed by atoms with van der Waals surface area (Å²) in [6, 6.07) is 7.24. The van der Waals surface area contributed by atoms with Crippen LogP contribution >= 0.6 is 0 Å². The summed E-state index contributed by atoms with van der Waals surface area (Å²) < 4.78 is 5.52. The molecule has 1 amide bonds. The summed E-state index contributed by atoms with van der Waals surface area (Å²) in [6.45, 7) is 5.98. The van der Waals surface area contributed by atoms with E-state index in [4.69, 9.17) is 4.42 Å². The highest BCUT2D eigenvalue weighted by molar-refractivity contribution is 5.91. The van der Waals surface area contributed by atoms with E-state index >= 15 is 0 Å². The second kappa shape index (κ2) is 8.76. The standard InChI is InChI=1S/C19H27N3O3/c1-4-11-19(24,12-5-2)13-16(23)20-15-9-7-14(8-10-15)18-22-21-17(6-3)25-18/h7-10,24H,4-6,11-13H2,1-3H3,(H,20,23). The highest BCUT2D eigenvalue weighted by Crippen LogP contribution is 2.25.